The highest BCUT2D eigenvalue weighted by Gasteiger charge is 2.26. The van der Waals surface area contributed by atoms with Crippen molar-refractivity contribution < 1.29 is 4.79 Å². The zero-order valence-corrected chi connectivity index (χ0v) is 16.3. The number of hydrogen-bond acceptors (Lipinski definition) is 7. The number of aromatic nitrogens is 4. The minimum atomic E-state index is -0.0886. The maximum absolute atomic E-state index is 12.6. The van der Waals surface area contributed by atoms with Gasteiger partial charge in [-0.15, -0.1) is 11.8 Å². The van der Waals surface area contributed by atoms with Crippen molar-refractivity contribution in [1.82, 2.24) is 25.3 Å². The minimum Gasteiger partial charge on any atom is -0.347 e. The van der Waals surface area contributed by atoms with Gasteiger partial charge in [-0.05, 0) is 43.0 Å². The molecule has 0 spiro atoms. The van der Waals surface area contributed by atoms with Crippen LogP contribution < -0.4 is 10.2 Å². The lowest BCUT2D eigenvalue weighted by Crippen LogP contribution is -2.37. The summed E-state index contributed by atoms with van der Waals surface area (Å²) in [4.78, 5) is 32.2. The number of amides is 1. The van der Waals surface area contributed by atoms with Crippen LogP contribution in [0.4, 0.5) is 5.95 Å². The molecule has 1 fully saturated rings. The van der Waals surface area contributed by atoms with E-state index in [0.717, 1.165) is 29.2 Å². The largest absolute Gasteiger partial charge is 0.347 e. The normalized spacial score (nSPS) is 16.2. The Morgan fingerprint density at radius 2 is 2.07 bits per heavy atom. The average molecular weight is 392 g/mol. The molecule has 0 aromatic carbocycles. The molecule has 7 nitrogen and oxygen atoms in total. The summed E-state index contributed by atoms with van der Waals surface area (Å²) >= 11 is 1.47. The highest BCUT2D eigenvalue weighted by atomic mass is 32.2. The Bertz CT molecular complexity index is 968. The average Bonchev–Trinajstić information content (AvgIpc) is 3.23. The number of anilines is 1. The van der Waals surface area contributed by atoms with E-state index in [1.165, 1.54) is 11.8 Å². The summed E-state index contributed by atoms with van der Waals surface area (Å²) < 4.78 is 0. The van der Waals surface area contributed by atoms with E-state index in [4.69, 9.17) is 0 Å². The smallest absolute Gasteiger partial charge is 0.254 e. The first-order valence-electron chi connectivity index (χ1n) is 9.03. The van der Waals surface area contributed by atoms with Gasteiger partial charge in [-0.1, -0.05) is 0 Å². The number of carbonyl (C=O) groups is 1. The van der Waals surface area contributed by atoms with Gasteiger partial charge < -0.3 is 10.2 Å². The van der Waals surface area contributed by atoms with Gasteiger partial charge in [-0.2, -0.15) is 0 Å². The third-order valence-electron chi connectivity index (χ3n) is 4.62. The molecule has 142 valence electrons. The number of thioether (sulfide) groups is 1. The number of hydrogen-bond donors (Lipinski definition) is 1. The second-order valence-corrected chi connectivity index (χ2v) is 7.24. The first kappa shape index (κ1) is 18.4. The molecule has 1 unspecified atom stereocenters. The number of pyridine rings is 2. The van der Waals surface area contributed by atoms with Crippen LogP contribution in [0, 0.1) is 0 Å². The molecule has 1 aliphatic heterocycles. The lowest BCUT2D eigenvalue weighted by Gasteiger charge is -2.17. The summed E-state index contributed by atoms with van der Waals surface area (Å²) in [6.45, 7) is 1.47. The van der Waals surface area contributed by atoms with E-state index >= 15 is 0 Å². The Labute approximate surface area is 167 Å². The van der Waals surface area contributed by atoms with E-state index in [0.29, 0.717) is 18.1 Å². The molecule has 28 heavy (non-hydrogen) atoms. The molecule has 3 aromatic rings. The van der Waals surface area contributed by atoms with Gasteiger partial charge in [0.05, 0.1) is 11.3 Å². The summed E-state index contributed by atoms with van der Waals surface area (Å²) in [7, 11) is 0. The van der Waals surface area contributed by atoms with Crippen LogP contribution in [0.25, 0.3) is 11.3 Å². The maximum atomic E-state index is 12.6. The Morgan fingerprint density at radius 1 is 1.18 bits per heavy atom. The van der Waals surface area contributed by atoms with Gasteiger partial charge in [0, 0.05) is 49.5 Å². The number of carbonyl (C=O) groups excluding carboxylic acids is 1. The molecule has 0 saturated carbocycles. The lowest BCUT2D eigenvalue weighted by atomic mass is 10.2. The first-order valence-corrected chi connectivity index (χ1v) is 10.3. The van der Waals surface area contributed by atoms with Crippen molar-refractivity contribution in [2.24, 2.45) is 0 Å². The quantitative estimate of drug-likeness (QED) is 0.668. The monoisotopic (exact) mass is 392 g/mol. The predicted octanol–water partition coefficient (Wildman–Crippen LogP) is 2.66. The fraction of sp³-hybridized carbons (Fsp3) is 0.250. The van der Waals surface area contributed by atoms with E-state index in [1.807, 2.05) is 24.5 Å². The number of rotatable bonds is 5. The van der Waals surface area contributed by atoms with Crippen LogP contribution in [-0.4, -0.2) is 51.2 Å². The molecule has 1 atom stereocenters. The van der Waals surface area contributed by atoms with Gasteiger partial charge in [0.15, 0.2) is 0 Å². The third kappa shape index (κ3) is 3.96. The van der Waals surface area contributed by atoms with E-state index in [9.17, 15) is 4.79 Å². The van der Waals surface area contributed by atoms with Crippen molar-refractivity contribution in [2.45, 2.75) is 17.5 Å². The fourth-order valence-corrected chi connectivity index (χ4v) is 3.77. The molecule has 1 aliphatic rings. The second kappa shape index (κ2) is 8.35. The molecule has 0 bridgehead atoms. The van der Waals surface area contributed by atoms with Crippen LogP contribution in [0.1, 0.15) is 16.8 Å². The molecule has 4 rings (SSSR count). The molecule has 4 heterocycles. The van der Waals surface area contributed by atoms with E-state index < -0.39 is 0 Å². The maximum Gasteiger partial charge on any atom is 0.254 e. The molecular weight excluding hydrogens is 372 g/mol. The molecule has 0 radical (unpaired) electrons. The van der Waals surface area contributed by atoms with Gasteiger partial charge >= 0.3 is 0 Å². The summed E-state index contributed by atoms with van der Waals surface area (Å²) in [5.41, 5.74) is 2.41. The minimum absolute atomic E-state index is 0.0491. The highest BCUT2D eigenvalue weighted by molar-refractivity contribution is 7.98. The van der Waals surface area contributed by atoms with Gasteiger partial charge in [0.2, 0.25) is 5.95 Å². The molecule has 3 aromatic heterocycles. The van der Waals surface area contributed by atoms with Crippen LogP contribution in [0.5, 0.6) is 0 Å². The zero-order chi connectivity index (χ0) is 19.3. The topological polar surface area (TPSA) is 83.9 Å². The van der Waals surface area contributed by atoms with Gasteiger partial charge in [0.1, 0.15) is 5.03 Å². The zero-order valence-electron chi connectivity index (χ0n) is 15.4. The Balaban J connectivity index is 1.44. The summed E-state index contributed by atoms with van der Waals surface area (Å²) in [5.74, 6) is 0.582. The van der Waals surface area contributed by atoms with Gasteiger partial charge in [0.25, 0.3) is 5.91 Å². The Morgan fingerprint density at radius 3 is 2.89 bits per heavy atom. The highest BCUT2D eigenvalue weighted by Crippen LogP contribution is 2.22. The Hall–Kier alpha value is -3.00. The van der Waals surface area contributed by atoms with Gasteiger partial charge in [-0.25, -0.2) is 15.0 Å². The fourth-order valence-electron chi connectivity index (χ4n) is 3.22. The molecule has 8 heteroatoms. The Kier molecular flexibility index (Phi) is 5.48. The van der Waals surface area contributed by atoms with E-state index in [2.05, 4.69) is 30.2 Å². The van der Waals surface area contributed by atoms with E-state index in [-0.39, 0.29) is 11.9 Å². The van der Waals surface area contributed by atoms with Crippen molar-refractivity contribution >= 4 is 23.6 Å². The SMILES string of the molecule is CSc1ncccc1C(=O)NC1CCN(c2nccc(-c3cccnc3)n2)C1. The second-order valence-electron chi connectivity index (χ2n) is 6.45. The molecule has 1 saturated heterocycles. The van der Waals surface area contributed by atoms with Crippen molar-refractivity contribution in [3.63, 3.8) is 0 Å². The number of nitrogens with one attached hydrogen (secondary N) is 1. The van der Waals surface area contributed by atoms with Crippen molar-refractivity contribution in [1.29, 1.82) is 0 Å². The van der Waals surface area contributed by atoms with Crippen LogP contribution in [-0.2, 0) is 0 Å². The van der Waals surface area contributed by atoms with Crippen LogP contribution >= 0.6 is 11.8 Å². The van der Waals surface area contributed by atoms with Crippen LogP contribution in [0.15, 0.2) is 60.1 Å². The summed E-state index contributed by atoms with van der Waals surface area (Å²) in [6.07, 6.45) is 9.76. The summed E-state index contributed by atoms with van der Waals surface area (Å²) in [6, 6.07) is 9.38. The van der Waals surface area contributed by atoms with E-state index in [1.54, 1.807) is 36.9 Å². The predicted molar refractivity (Wildman–Crippen MR) is 109 cm³/mol. The van der Waals surface area contributed by atoms with Crippen molar-refractivity contribution in [3.8, 4) is 11.3 Å². The van der Waals surface area contributed by atoms with Crippen LogP contribution in [0.3, 0.4) is 0 Å². The lowest BCUT2D eigenvalue weighted by molar-refractivity contribution is 0.0936. The molecule has 1 amide bonds. The third-order valence-corrected chi connectivity index (χ3v) is 5.33. The molecule has 0 aliphatic carbocycles. The molecular formula is C20H20N6OS. The van der Waals surface area contributed by atoms with Gasteiger partial charge in [-0.3, -0.25) is 9.78 Å². The van der Waals surface area contributed by atoms with Crippen molar-refractivity contribution in [2.75, 3.05) is 24.2 Å². The standard InChI is InChI=1S/C20H20N6OS/c1-28-19-16(5-3-9-22-19)18(27)24-15-7-11-26(13-15)20-23-10-6-17(25-20)14-4-2-8-21-12-14/h2-6,8-10,12,15H,7,11,13H2,1H3,(H,24,27). The first-order chi connectivity index (χ1) is 13.7. The molecule has 1 N–H and O–H groups in total. The van der Waals surface area contributed by atoms with Crippen molar-refractivity contribution in [3.05, 3.63) is 60.7 Å². The summed E-state index contributed by atoms with van der Waals surface area (Å²) in [5, 5.41) is 3.85. The number of nitrogens with zero attached hydrogens (tertiary/aromatic N) is 5. The van der Waals surface area contributed by atoms with Crippen LogP contribution in [0.2, 0.25) is 0 Å².